The van der Waals surface area contributed by atoms with Gasteiger partial charge in [-0.25, -0.2) is 0 Å². The summed E-state index contributed by atoms with van der Waals surface area (Å²) in [4.78, 5) is 14.2. The summed E-state index contributed by atoms with van der Waals surface area (Å²) in [5, 5.41) is 3.31. The monoisotopic (exact) mass is 272 g/mol. The second kappa shape index (κ2) is 6.25. The molecule has 0 aromatic carbocycles. The fourth-order valence-corrected chi connectivity index (χ4v) is 2.39. The third kappa shape index (κ3) is 3.06. The van der Waals surface area contributed by atoms with Gasteiger partial charge in [0.05, 0.1) is 5.56 Å². The van der Waals surface area contributed by atoms with Crippen molar-refractivity contribution in [2.45, 2.75) is 32.7 Å². The van der Waals surface area contributed by atoms with Crippen molar-refractivity contribution in [1.29, 1.82) is 0 Å². The third-order valence-electron chi connectivity index (χ3n) is 3.45. The SMILES string of the molecule is Cc1cc(C(=O)N(C)C2CCNCC2)c(C)o1.Cl. The summed E-state index contributed by atoms with van der Waals surface area (Å²) >= 11 is 0. The second-order valence-corrected chi connectivity index (χ2v) is 4.72. The van der Waals surface area contributed by atoms with Crippen LogP contribution in [-0.4, -0.2) is 37.0 Å². The lowest BCUT2D eigenvalue weighted by atomic mass is 10.0. The molecule has 0 unspecified atom stereocenters. The van der Waals surface area contributed by atoms with Crippen molar-refractivity contribution in [2.75, 3.05) is 20.1 Å². The zero-order chi connectivity index (χ0) is 12.4. The van der Waals surface area contributed by atoms with Gasteiger partial charge in [0, 0.05) is 13.1 Å². The Morgan fingerprint density at radius 2 is 2.00 bits per heavy atom. The van der Waals surface area contributed by atoms with E-state index in [1.165, 1.54) is 0 Å². The molecule has 0 spiro atoms. The number of furan rings is 1. The van der Waals surface area contributed by atoms with Crippen LogP contribution >= 0.6 is 12.4 Å². The molecule has 1 aliphatic rings. The Hall–Kier alpha value is -1.000. The number of nitrogens with one attached hydrogen (secondary N) is 1. The van der Waals surface area contributed by atoms with Crippen LogP contribution in [0, 0.1) is 13.8 Å². The number of rotatable bonds is 2. The van der Waals surface area contributed by atoms with Crippen LogP contribution in [0.2, 0.25) is 0 Å². The molecule has 0 saturated carbocycles. The van der Waals surface area contributed by atoms with Crippen molar-refractivity contribution < 1.29 is 9.21 Å². The van der Waals surface area contributed by atoms with Gasteiger partial charge in [0.25, 0.3) is 5.91 Å². The van der Waals surface area contributed by atoms with Crippen LogP contribution in [0.3, 0.4) is 0 Å². The molecular formula is C13H21ClN2O2. The van der Waals surface area contributed by atoms with Crippen LogP contribution in [0.25, 0.3) is 0 Å². The first kappa shape index (κ1) is 15.1. The molecule has 1 aliphatic heterocycles. The molecule has 2 heterocycles. The third-order valence-corrected chi connectivity index (χ3v) is 3.45. The highest BCUT2D eigenvalue weighted by Gasteiger charge is 2.25. The lowest BCUT2D eigenvalue weighted by Crippen LogP contribution is -2.44. The van der Waals surface area contributed by atoms with Crippen molar-refractivity contribution in [3.63, 3.8) is 0 Å². The molecule has 102 valence electrons. The fraction of sp³-hybridized carbons (Fsp3) is 0.615. The topological polar surface area (TPSA) is 45.5 Å². The molecule has 18 heavy (non-hydrogen) atoms. The summed E-state index contributed by atoms with van der Waals surface area (Å²) in [6.45, 7) is 5.70. The molecule has 1 aromatic heterocycles. The summed E-state index contributed by atoms with van der Waals surface area (Å²) in [5.41, 5.74) is 0.698. The predicted octanol–water partition coefficient (Wildman–Crippen LogP) is 2.14. The van der Waals surface area contributed by atoms with E-state index >= 15 is 0 Å². The van der Waals surface area contributed by atoms with Gasteiger partial charge in [-0.1, -0.05) is 0 Å². The quantitative estimate of drug-likeness (QED) is 0.897. The lowest BCUT2D eigenvalue weighted by molar-refractivity contribution is 0.0701. The number of piperidine rings is 1. The Labute approximate surface area is 114 Å². The Morgan fingerprint density at radius 1 is 1.39 bits per heavy atom. The molecule has 4 nitrogen and oxygen atoms in total. The zero-order valence-corrected chi connectivity index (χ0v) is 12.0. The van der Waals surface area contributed by atoms with E-state index < -0.39 is 0 Å². The molecule has 0 bridgehead atoms. The Morgan fingerprint density at radius 3 is 2.50 bits per heavy atom. The van der Waals surface area contributed by atoms with E-state index in [1.807, 2.05) is 31.9 Å². The van der Waals surface area contributed by atoms with Gasteiger partial charge in [-0.05, 0) is 45.8 Å². The molecule has 2 rings (SSSR count). The van der Waals surface area contributed by atoms with E-state index in [2.05, 4.69) is 5.32 Å². The number of nitrogens with zero attached hydrogens (tertiary/aromatic N) is 1. The van der Waals surface area contributed by atoms with Gasteiger partial charge in [-0.3, -0.25) is 4.79 Å². The summed E-state index contributed by atoms with van der Waals surface area (Å²) in [6, 6.07) is 2.17. The molecule has 1 fully saturated rings. The Bertz CT molecular complexity index is 411. The van der Waals surface area contributed by atoms with Crippen LogP contribution in [0.1, 0.15) is 34.7 Å². The first-order valence-electron chi connectivity index (χ1n) is 6.14. The maximum atomic E-state index is 12.3. The van der Waals surface area contributed by atoms with Gasteiger partial charge in [0.2, 0.25) is 0 Å². The summed E-state index contributed by atoms with van der Waals surface area (Å²) in [7, 11) is 1.89. The summed E-state index contributed by atoms with van der Waals surface area (Å²) in [5.74, 6) is 1.59. The molecule has 1 amide bonds. The first-order chi connectivity index (χ1) is 8.09. The molecule has 1 N–H and O–H groups in total. The maximum absolute atomic E-state index is 12.3. The van der Waals surface area contributed by atoms with Crippen LogP contribution in [0.5, 0.6) is 0 Å². The molecular weight excluding hydrogens is 252 g/mol. The fourth-order valence-electron chi connectivity index (χ4n) is 2.39. The highest BCUT2D eigenvalue weighted by atomic mass is 35.5. The van der Waals surface area contributed by atoms with E-state index in [9.17, 15) is 4.79 Å². The minimum absolute atomic E-state index is 0. The molecule has 5 heteroatoms. The average Bonchev–Trinajstić information content (AvgIpc) is 2.68. The molecule has 0 radical (unpaired) electrons. The van der Waals surface area contributed by atoms with E-state index in [-0.39, 0.29) is 18.3 Å². The normalized spacial score (nSPS) is 16.2. The van der Waals surface area contributed by atoms with Crippen molar-refractivity contribution >= 4 is 18.3 Å². The highest BCUT2D eigenvalue weighted by Crippen LogP contribution is 2.19. The summed E-state index contributed by atoms with van der Waals surface area (Å²) in [6.07, 6.45) is 2.05. The smallest absolute Gasteiger partial charge is 0.257 e. The van der Waals surface area contributed by atoms with Crippen molar-refractivity contribution in [2.24, 2.45) is 0 Å². The number of halogens is 1. The first-order valence-corrected chi connectivity index (χ1v) is 6.14. The van der Waals surface area contributed by atoms with Crippen molar-refractivity contribution in [3.8, 4) is 0 Å². The minimum Gasteiger partial charge on any atom is -0.466 e. The van der Waals surface area contributed by atoms with Gasteiger partial charge in [-0.15, -0.1) is 12.4 Å². The van der Waals surface area contributed by atoms with E-state index in [0.717, 1.165) is 31.7 Å². The molecule has 0 aliphatic carbocycles. The standard InChI is InChI=1S/C13H20N2O2.ClH/c1-9-8-12(10(2)17-9)13(16)15(3)11-4-6-14-7-5-11;/h8,11,14H,4-7H2,1-3H3;1H. The van der Waals surface area contributed by atoms with Gasteiger partial charge in [0.15, 0.2) is 0 Å². The van der Waals surface area contributed by atoms with Gasteiger partial charge in [-0.2, -0.15) is 0 Å². The molecule has 1 saturated heterocycles. The van der Waals surface area contributed by atoms with Gasteiger partial charge < -0.3 is 14.6 Å². The van der Waals surface area contributed by atoms with E-state index in [1.54, 1.807) is 0 Å². The van der Waals surface area contributed by atoms with Gasteiger partial charge >= 0.3 is 0 Å². The predicted molar refractivity (Wildman–Crippen MR) is 73.4 cm³/mol. The number of hydrogen-bond donors (Lipinski definition) is 1. The summed E-state index contributed by atoms with van der Waals surface area (Å²) < 4.78 is 5.41. The van der Waals surface area contributed by atoms with Gasteiger partial charge in [0.1, 0.15) is 11.5 Å². The number of aryl methyl sites for hydroxylation is 2. The van der Waals surface area contributed by atoms with E-state index in [4.69, 9.17) is 4.42 Å². The van der Waals surface area contributed by atoms with Crippen LogP contribution in [0.15, 0.2) is 10.5 Å². The average molecular weight is 273 g/mol. The maximum Gasteiger partial charge on any atom is 0.257 e. The van der Waals surface area contributed by atoms with Crippen LogP contribution in [0.4, 0.5) is 0 Å². The Kier molecular flexibility index (Phi) is 5.23. The molecule has 1 aromatic rings. The number of amides is 1. The minimum atomic E-state index is 0. The van der Waals surface area contributed by atoms with Crippen molar-refractivity contribution in [1.82, 2.24) is 10.2 Å². The number of hydrogen-bond acceptors (Lipinski definition) is 3. The second-order valence-electron chi connectivity index (χ2n) is 4.72. The zero-order valence-electron chi connectivity index (χ0n) is 11.2. The largest absolute Gasteiger partial charge is 0.466 e. The Balaban J connectivity index is 0.00000162. The van der Waals surface area contributed by atoms with Crippen molar-refractivity contribution in [3.05, 3.63) is 23.2 Å². The van der Waals surface area contributed by atoms with E-state index in [0.29, 0.717) is 17.4 Å². The molecule has 0 atom stereocenters. The highest BCUT2D eigenvalue weighted by molar-refractivity contribution is 5.95. The number of carbonyl (C=O) groups excluding carboxylic acids is 1. The van der Waals surface area contributed by atoms with Crippen LogP contribution in [-0.2, 0) is 0 Å². The lowest BCUT2D eigenvalue weighted by Gasteiger charge is -2.31. The number of carbonyl (C=O) groups is 1. The van der Waals surface area contributed by atoms with Crippen LogP contribution < -0.4 is 5.32 Å².